The van der Waals surface area contributed by atoms with Crippen molar-refractivity contribution in [3.8, 4) is 22.5 Å². The minimum absolute atomic E-state index is 0.0668. The van der Waals surface area contributed by atoms with Crippen molar-refractivity contribution in [2.75, 3.05) is 0 Å². The van der Waals surface area contributed by atoms with Gasteiger partial charge in [0.2, 0.25) is 5.82 Å². The molecule has 158 valence electrons. The Morgan fingerprint density at radius 3 is 1.97 bits per heavy atom. The standard InChI is InChI=1S/C24H25F3N2O/c1-2-3-16-4-6-17(7-5-16)18-8-10-19(11-9-18)20-12-14-21(15-13-20)22-28-23(30-29-22)24(25,26)27/h8-17H,2-7H2,1H3. The van der Waals surface area contributed by atoms with Crippen molar-refractivity contribution in [3.63, 3.8) is 0 Å². The molecule has 0 unspecified atom stereocenters. The molecule has 1 aliphatic carbocycles. The predicted octanol–water partition coefficient (Wildman–Crippen LogP) is 7.50. The molecule has 6 heteroatoms. The lowest BCUT2D eigenvalue weighted by Crippen LogP contribution is -2.13. The Balaban J connectivity index is 1.43. The second kappa shape index (κ2) is 8.62. The van der Waals surface area contributed by atoms with Gasteiger partial charge in [-0.05, 0) is 54.2 Å². The zero-order valence-corrected chi connectivity index (χ0v) is 17.0. The number of benzene rings is 2. The number of aromatic nitrogens is 2. The second-order valence-electron chi connectivity index (χ2n) is 8.13. The average molecular weight is 414 g/mol. The molecule has 0 saturated heterocycles. The Morgan fingerprint density at radius 2 is 1.43 bits per heavy atom. The van der Waals surface area contributed by atoms with Crippen molar-refractivity contribution < 1.29 is 17.7 Å². The van der Waals surface area contributed by atoms with E-state index < -0.39 is 12.1 Å². The van der Waals surface area contributed by atoms with Gasteiger partial charge in [0.15, 0.2) is 0 Å². The van der Waals surface area contributed by atoms with E-state index in [2.05, 4.69) is 45.9 Å². The average Bonchev–Trinajstić information content (AvgIpc) is 3.26. The van der Waals surface area contributed by atoms with Crippen molar-refractivity contribution in [2.45, 2.75) is 57.5 Å². The van der Waals surface area contributed by atoms with E-state index in [1.165, 1.54) is 44.1 Å². The summed E-state index contributed by atoms with van der Waals surface area (Å²) >= 11 is 0. The number of rotatable bonds is 5. The third-order valence-corrected chi connectivity index (χ3v) is 6.07. The van der Waals surface area contributed by atoms with Crippen molar-refractivity contribution >= 4 is 0 Å². The van der Waals surface area contributed by atoms with Gasteiger partial charge in [-0.25, -0.2) is 0 Å². The van der Waals surface area contributed by atoms with Gasteiger partial charge in [-0.15, -0.1) is 0 Å². The van der Waals surface area contributed by atoms with Crippen LogP contribution in [0.2, 0.25) is 0 Å². The summed E-state index contributed by atoms with van der Waals surface area (Å²) in [6, 6.07) is 15.8. The van der Waals surface area contributed by atoms with E-state index >= 15 is 0 Å². The van der Waals surface area contributed by atoms with Crippen LogP contribution in [-0.2, 0) is 6.18 Å². The minimum atomic E-state index is -4.64. The van der Waals surface area contributed by atoms with Crippen LogP contribution in [0.3, 0.4) is 0 Å². The fraction of sp³-hybridized carbons (Fsp3) is 0.417. The summed E-state index contributed by atoms with van der Waals surface area (Å²) in [5, 5.41) is 3.43. The zero-order chi connectivity index (χ0) is 21.1. The molecule has 3 nitrogen and oxygen atoms in total. The van der Waals surface area contributed by atoms with E-state index in [0.29, 0.717) is 11.5 Å². The highest BCUT2D eigenvalue weighted by molar-refractivity contribution is 5.67. The van der Waals surface area contributed by atoms with Crippen LogP contribution in [-0.4, -0.2) is 10.1 Å². The molecule has 1 aromatic heterocycles. The van der Waals surface area contributed by atoms with Crippen LogP contribution in [0.15, 0.2) is 53.1 Å². The molecular weight excluding hydrogens is 389 g/mol. The molecule has 1 heterocycles. The normalized spacial score (nSPS) is 19.7. The molecule has 0 bridgehead atoms. The zero-order valence-electron chi connectivity index (χ0n) is 17.0. The van der Waals surface area contributed by atoms with E-state index in [9.17, 15) is 13.2 Å². The van der Waals surface area contributed by atoms with Crippen LogP contribution in [0.5, 0.6) is 0 Å². The molecular formula is C24H25F3N2O. The maximum Gasteiger partial charge on any atom is 0.471 e. The second-order valence-corrected chi connectivity index (χ2v) is 8.13. The van der Waals surface area contributed by atoms with E-state index in [1.54, 1.807) is 12.1 Å². The Hall–Kier alpha value is -2.63. The van der Waals surface area contributed by atoms with Crippen LogP contribution in [0.4, 0.5) is 13.2 Å². The summed E-state index contributed by atoms with van der Waals surface area (Å²) in [4.78, 5) is 3.43. The van der Waals surface area contributed by atoms with E-state index in [0.717, 1.165) is 17.0 Å². The predicted molar refractivity (Wildman–Crippen MR) is 110 cm³/mol. The summed E-state index contributed by atoms with van der Waals surface area (Å²) in [5.74, 6) is 0.148. The lowest BCUT2D eigenvalue weighted by atomic mass is 9.77. The number of hydrogen-bond acceptors (Lipinski definition) is 3. The Kier molecular flexibility index (Phi) is 5.93. The molecule has 4 rings (SSSR count). The molecule has 0 amide bonds. The molecule has 30 heavy (non-hydrogen) atoms. The third kappa shape index (κ3) is 4.58. The minimum Gasteiger partial charge on any atom is -0.329 e. The molecule has 1 aliphatic rings. The van der Waals surface area contributed by atoms with Crippen LogP contribution in [0, 0.1) is 5.92 Å². The smallest absolute Gasteiger partial charge is 0.329 e. The van der Waals surface area contributed by atoms with Gasteiger partial charge in [0, 0.05) is 5.56 Å². The summed E-state index contributed by atoms with van der Waals surface area (Å²) in [6.07, 6.45) is 3.18. The van der Waals surface area contributed by atoms with Gasteiger partial charge in [0.1, 0.15) is 0 Å². The first-order chi connectivity index (χ1) is 14.4. The molecule has 0 radical (unpaired) electrons. The topological polar surface area (TPSA) is 38.9 Å². The molecule has 0 N–H and O–H groups in total. The van der Waals surface area contributed by atoms with E-state index in [4.69, 9.17) is 0 Å². The number of nitrogens with zero attached hydrogens (tertiary/aromatic N) is 2. The first kappa shape index (κ1) is 20.6. The largest absolute Gasteiger partial charge is 0.471 e. The molecule has 0 atom stereocenters. The molecule has 1 fully saturated rings. The Labute approximate surface area is 174 Å². The summed E-state index contributed by atoms with van der Waals surface area (Å²) in [6.45, 7) is 2.26. The van der Waals surface area contributed by atoms with Crippen LogP contribution in [0.1, 0.15) is 62.8 Å². The van der Waals surface area contributed by atoms with E-state index in [-0.39, 0.29) is 5.82 Å². The van der Waals surface area contributed by atoms with Crippen LogP contribution in [0.25, 0.3) is 22.5 Å². The van der Waals surface area contributed by atoms with Gasteiger partial charge in [0.25, 0.3) is 0 Å². The van der Waals surface area contributed by atoms with Crippen LogP contribution < -0.4 is 0 Å². The number of alkyl halides is 3. The Bertz CT molecular complexity index is 953. The van der Waals surface area contributed by atoms with Crippen LogP contribution >= 0.6 is 0 Å². The van der Waals surface area contributed by atoms with E-state index in [1.807, 2.05) is 12.1 Å². The fourth-order valence-corrected chi connectivity index (χ4v) is 4.41. The highest BCUT2D eigenvalue weighted by Gasteiger charge is 2.38. The summed E-state index contributed by atoms with van der Waals surface area (Å²) in [5.41, 5.74) is 3.96. The maximum atomic E-state index is 12.6. The lowest BCUT2D eigenvalue weighted by Gasteiger charge is -2.28. The molecule has 3 aromatic rings. The first-order valence-electron chi connectivity index (χ1n) is 10.6. The highest BCUT2D eigenvalue weighted by atomic mass is 19.4. The maximum absolute atomic E-state index is 12.6. The van der Waals surface area contributed by atoms with Gasteiger partial charge in [0.05, 0.1) is 0 Å². The molecule has 0 aliphatic heterocycles. The molecule has 1 saturated carbocycles. The number of halogens is 3. The molecule has 0 spiro atoms. The van der Waals surface area contributed by atoms with Crippen molar-refractivity contribution in [3.05, 3.63) is 60.0 Å². The first-order valence-corrected chi connectivity index (χ1v) is 10.6. The van der Waals surface area contributed by atoms with Crippen molar-refractivity contribution in [1.29, 1.82) is 0 Å². The quantitative estimate of drug-likeness (QED) is 0.434. The van der Waals surface area contributed by atoms with Gasteiger partial charge < -0.3 is 4.52 Å². The summed E-state index contributed by atoms with van der Waals surface area (Å²) in [7, 11) is 0. The fourth-order valence-electron chi connectivity index (χ4n) is 4.41. The SMILES string of the molecule is CCCC1CCC(c2ccc(-c3ccc(-c4noc(C(F)(F)F)n4)cc3)cc2)CC1. The molecule has 2 aromatic carbocycles. The van der Waals surface area contributed by atoms with Gasteiger partial charge in [-0.3, -0.25) is 0 Å². The van der Waals surface area contributed by atoms with Crippen molar-refractivity contribution in [2.24, 2.45) is 5.92 Å². The monoisotopic (exact) mass is 414 g/mol. The third-order valence-electron chi connectivity index (χ3n) is 6.07. The lowest BCUT2D eigenvalue weighted by molar-refractivity contribution is -0.159. The van der Waals surface area contributed by atoms with Gasteiger partial charge in [-0.1, -0.05) is 73.5 Å². The van der Waals surface area contributed by atoms with Gasteiger partial charge in [-0.2, -0.15) is 18.2 Å². The Morgan fingerprint density at radius 1 is 0.867 bits per heavy atom. The van der Waals surface area contributed by atoms with Gasteiger partial charge >= 0.3 is 12.1 Å². The highest BCUT2D eigenvalue weighted by Crippen LogP contribution is 2.38. The summed E-state index contributed by atoms with van der Waals surface area (Å²) < 4.78 is 42.2. The number of hydrogen-bond donors (Lipinski definition) is 0. The van der Waals surface area contributed by atoms with Crippen molar-refractivity contribution in [1.82, 2.24) is 10.1 Å².